The Hall–Kier alpha value is -2.34. The van der Waals surface area contributed by atoms with Crippen molar-refractivity contribution in [2.24, 2.45) is 12.0 Å². The van der Waals surface area contributed by atoms with Crippen molar-refractivity contribution in [2.75, 3.05) is 13.6 Å². The Morgan fingerprint density at radius 3 is 2.76 bits per heavy atom. The highest BCUT2D eigenvalue weighted by molar-refractivity contribution is 5.80. The SMILES string of the molecule is CN=C(NCc1cnn(C)c1)NC1CC(C)N(Cc2ccccc2)C1. The summed E-state index contributed by atoms with van der Waals surface area (Å²) >= 11 is 0. The first kappa shape index (κ1) is 17.5. The fraction of sp³-hybridized carbons (Fsp3) is 0.474. The summed E-state index contributed by atoms with van der Waals surface area (Å²) in [6.45, 7) is 5.06. The topological polar surface area (TPSA) is 57.5 Å². The maximum absolute atomic E-state index is 4.36. The zero-order valence-electron chi connectivity index (χ0n) is 15.3. The Morgan fingerprint density at radius 1 is 1.28 bits per heavy atom. The molecule has 2 N–H and O–H groups in total. The van der Waals surface area contributed by atoms with Gasteiger partial charge in [0.05, 0.1) is 6.20 Å². The molecule has 1 fully saturated rings. The Morgan fingerprint density at radius 2 is 2.08 bits per heavy atom. The smallest absolute Gasteiger partial charge is 0.191 e. The van der Waals surface area contributed by atoms with E-state index in [-0.39, 0.29) is 0 Å². The quantitative estimate of drug-likeness (QED) is 0.643. The third-order valence-electron chi connectivity index (χ3n) is 4.72. The molecule has 25 heavy (non-hydrogen) atoms. The van der Waals surface area contributed by atoms with E-state index in [1.165, 1.54) is 5.56 Å². The van der Waals surface area contributed by atoms with Gasteiger partial charge in [0, 0.05) is 57.6 Å². The van der Waals surface area contributed by atoms with Crippen molar-refractivity contribution in [2.45, 2.75) is 38.5 Å². The molecule has 2 aromatic rings. The molecule has 2 unspecified atom stereocenters. The van der Waals surface area contributed by atoms with E-state index < -0.39 is 0 Å². The molecule has 0 amide bonds. The molecule has 1 aromatic heterocycles. The van der Waals surface area contributed by atoms with Crippen molar-refractivity contribution in [3.05, 3.63) is 53.9 Å². The van der Waals surface area contributed by atoms with Gasteiger partial charge in [-0.1, -0.05) is 30.3 Å². The predicted molar refractivity (Wildman–Crippen MR) is 101 cm³/mol. The summed E-state index contributed by atoms with van der Waals surface area (Å²) < 4.78 is 1.81. The van der Waals surface area contributed by atoms with Gasteiger partial charge in [-0.15, -0.1) is 0 Å². The number of likely N-dealkylation sites (tertiary alicyclic amines) is 1. The monoisotopic (exact) mass is 340 g/mol. The van der Waals surface area contributed by atoms with Gasteiger partial charge in [-0.05, 0) is 18.9 Å². The summed E-state index contributed by atoms with van der Waals surface area (Å²) in [5.74, 6) is 0.850. The second-order valence-corrected chi connectivity index (χ2v) is 6.79. The number of hydrogen-bond acceptors (Lipinski definition) is 3. The second-order valence-electron chi connectivity index (χ2n) is 6.79. The van der Waals surface area contributed by atoms with Gasteiger partial charge in [0.1, 0.15) is 0 Å². The van der Waals surface area contributed by atoms with E-state index in [2.05, 4.69) is 62.9 Å². The number of benzene rings is 1. The van der Waals surface area contributed by atoms with Crippen LogP contribution < -0.4 is 10.6 Å². The lowest BCUT2D eigenvalue weighted by molar-refractivity contribution is 0.258. The molecule has 0 radical (unpaired) electrons. The molecule has 134 valence electrons. The lowest BCUT2D eigenvalue weighted by Crippen LogP contribution is -2.44. The summed E-state index contributed by atoms with van der Waals surface area (Å²) in [4.78, 5) is 6.89. The molecule has 2 atom stereocenters. The van der Waals surface area contributed by atoms with Gasteiger partial charge in [0.25, 0.3) is 0 Å². The van der Waals surface area contributed by atoms with Crippen molar-refractivity contribution in [3.63, 3.8) is 0 Å². The summed E-state index contributed by atoms with van der Waals surface area (Å²) in [7, 11) is 3.75. The van der Waals surface area contributed by atoms with E-state index in [4.69, 9.17) is 0 Å². The summed E-state index contributed by atoms with van der Waals surface area (Å²) in [5, 5.41) is 11.1. The third-order valence-corrected chi connectivity index (χ3v) is 4.72. The predicted octanol–water partition coefficient (Wildman–Crippen LogP) is 1.75. The van der Waals surface area contributed by atoms with E-state index in [0.717, 1.165) is 37.6 Å². The van der Waals surface area contributed by atoms with Crippen LogP contribution in [0.3, 0.4) is 0 Å². The van der Waals surface area contributed by atoms with Crippen molar-refractivity contribution in [1.29, 1.82) is 0 Å². The second kappa shape index (κ2) is 8.16. The fourth-order valence-corrected chi connectivity index (χ4v) is 3.38. The van der Waals surface area contributed by atoms with Crippen LogP contribution in [0.5, 0.6) is 0 Å². The minimum absolute atomic E-state index is 0.416. The lowest BCUT2D eigenvalue weighted by Gasteiger charge is -2.21. The number of hydrogen-bond donors (Lipinski definition) is 2. The van der Waals surface area contributed by atoms with Crippen LogP contribution in [-0.2, 0) is 20.1 Å². The Balaban J connectivity index is 1.50. The van der Waals surface area contributed by atoms with Gasteiger partial charge < -0.3 is 10.6 Å². The highest BCUT2D eigenvalue weighted by Crippen LogP contribution is 2.20. The number of aryl methyl sites for hydroxylation is 1. The first-order valence-electron chi connectivity index (χ1n) is 8.86. The molecule has 1 aliphatic heterocycles. The molecular formula is C19H28N6. The minimum atomic E-state index is 0.416. The summed E-state index contributed by atoms with van der Waals surface area (Å²) in [6, 6.07) is 11.7. The number of nitrogens with one attached hydrogen (secondary N) is 2. The molecule has 1 saturated heterocycles. The molecule has 0 spiro atoms. The van der Waals surface area contributed by atoms with Crippen LogP contribution in [0.25, 0.3) is 0 Å². The van der Waals surface area contributed by atoms with Crippen LogP contribution in [0.2, 0.25) is 0 Å². The average molecular weight is 340 g/mol. The van der Waals surface area contributed by atoms with Crippen LogP contribution in [0.15, 0.2) is 47.7 Å². The van der Waals surface area contributed by atoms with Crippen molar-refractivity contribution in [3.8, 4) is 0 Å². The average Bonchev–Trinajstić information content (AvgIpc) is 3.18. The zero-order chi connectivity index (χ0) is 17.6. The third kappa shape index (κ3) is 4.82. The Bertz CT molecular complexity index is 693. The number of aromatic nitrogens is 2. The number of nitrogens with zero attached hydrogens (tertiary/aromatic N) is 4. The molecule has 0 saturated carbocycles. The van der Waals surface area contributed by atoms with E-state index in [0.29, 0.717) is 12.1 Å². The van der Waals surface area contributed by atoms with E-state index in [9.17, 15) is 0 Å². The normalized spacial score (nSPS) is 21.5. The van der Waals surface area contributed by atoms with Crippen LogP contribution in [0.4, 0.5) is 0 Å². The number of aliphatic imine (C=N–C) groups is 1. The van der Waals surface area contributed by atoms with Crippen molar-refractivity contribution < 1.29 is 0 Å². The van der Waals surface area contributed by atoms with Gasteiger partial charge in [-0.25, -0.2) is 0 Å². The minimum Gasteiger partial charge on any atom is -0.352 e. The first-order chi connectivity index (χ1) is 12.1. The molecule has 1 aromatic carbocycles. The van der Waals surface area contributed by atoms with Crippen LogP contribution in [0.1, 0.15) is 24.5 Å². The fourth-order valence-electron chi connectivity index (χ4n) is 3.38. The van der Waals surface area contributed by atoms with E-state index >= 15 is 0 Å². The number of guanidine groups is 1. The zero-order valence-corrected chi connectivity index (χ0v) is 15.3. The maximum Gasteiger partial charge on any atom is 0.191 e. The molecule has 1 aliphatic rings. The molecule has 6 heteroatoms. The molecular weight excluding hydrogens is 312 g/mol. The van der Waals surface area contributed by atoms with Gasteiger partial charge in [-0.3, -0.25) is 14.6 Å². The van der Waals surface area contributed by atoms with Gasteiger partial charge in [0.15, 0.2) is 5.96 Å². The van der Waals surface area contributed by atoms with E-state index in [1.807, 2.05) is 31.2 Å². The molecule has 0 aliphatic carbocycles. The Labute approximate surface area is 149 Å². The standard InChI is InChI=1S/C19H28N6/c1-15-9-18(14-25(15)13-16-7-5-4-6-8-16)23-19(20-2)21-10-17-11-22-24(3)12-17/h4-8,11-12,15,18H,9-10,13-14H2,1-3H3,(H2,20,21,23). The van der Waals surface area contributed by atoms with Gasteiger partial charge in [-0.2, -0.15) is 5.10 Å². The molecule has 6 nitrogen and oxygen atoms in total. The van der Waals surface area contributed by atoms with Gasteiger partial charge >= 0.3 is 0 Å². The molecule has 2 heterocycles. The highest BCUT2D eigenvalue weighted by Gasteiger charge is 2.29. The van der Waals surface area contributed by atoms with Gasteiger partial charge in [0.2, 0.25) is 0 Å². The maximum atomic E-state index is 4.36. The van der Waals surface area contributed by atoms with Crippen LogP contribution in [0, 0.1) is 0 Å². The van der Waals surface area contributed by atoms with Crippen LogP contribution >= 0.6 is 0 Å². The largest absolute Gasteiger partial charge is 0.352 e. The van der Waals surface area contributed by atoms with E-state index in [1.54, 1.807) is 0 Å². The van der Waals surface area contributed by atoms with Crippen molar-refractivity contribution >= 4 is 5.96 Å². The lowest BCUT2D eigenvalue weighted by atomic mass is 10.2. The molecule has 3 rings (SSSR count). The summed E-state index contributed by atoms with van der Waals surface area (Å²) in [5.41, 5.74) is 2.52. The molecule has 0 bridgehead atoms. The van der Waals surface area contributed by atoms with Crippen LogP contribution in [-0.4, -0.2) is 46.3 Å². The summed E-state index contributed by atoms with van der Waals surface area (Å²) in [6.07, 6.45) is 5.01. The Kier molecular flexibility index (Phi) is 5.71. The highest BCUT2D eigenvalue weighted by atomic mass is 15.3. The number of rotatable bonds is 5. The first-order valence-corrected chi connectivity index (χ1v) is 8.86. The van der Waals surface area contributed by atoms with Crippen molar-refractivity contribution in [1.82, 2.24) is 25.3 Å².